The zero-order valence-corrected chi connectivity index (χ0v) is 14.2. The standard InChI is InChI=1S/C13H21FN2O3S2/c1-8-5-10(14)11(15)9(2)12(8)21(18,19)16-6-13(3,17)7-20-4/h5,16-17H,6-7,15H2,1-4H3. The van der Waals surface area contributed by atoms with E-state index >= 15 is 0 Å². The molecule has 0 saturated heterocycles. The third-order valence-electron chi connectivity index (χ3n) is 3.07. The number of hydrogen-bond donors (Lipinski definition) is 3. The van der Waals surface area contributed by atoms with Crippen LogP contribution in [0.3, 0.4) is 0 Å². The highest BCUT2D eigenvalue weighted by Crippen LogP contribution is 2.27. The first-order valence-corrected chi connectivity index (χ1v) is 9.15. The van der Waals surface area contributed by atoms with Gasteiger partial charge in [-0.1, -0.05) is 0 Å². The number of thioether (sulfide) groups is 1. The maximum absolute atomic E-state index is 13.5. The lowest BCUT2D eigenvalue weighted by Gasteiger charge is -2.23. The van der Waals surface area contributed by atoms with E-state index in [0.717, 1.165) is 6.07 Å². The molecular weight excluding hydrogens is 315 g/mol. The number of rotatable bonds is 6. The van der Waals surface area contributed by atoms with Crippen LogP contribution in [0.1, 0.15) is 18.1 Å². The van der Waals surface area contributed by atoms with E-state index in [1.54, 1.807) is 6.92 Å². The zero-order valence-electron chi connectivity index (χ0n) is 12.5. The second kappa shape index (κ2) is 6.51. The Balaban J connectivity index is 3.13. The molecule has 8 heteroatoms. The summed E-state index contributed by atoms with van der Waals surface area (Å²) in [4.78, 5) is -0.0404. The van der Waals surface area contributed by atoms with Gasteiger partial charge in [-0.3, -0.25) is 0 Å². The van der Waals surface area contributed by atoms with E-state index in [4.69, 9.17) is 5.73 Å². The molecule has 1 unspecified atom stereocenters. The lowest BCUT2D eigenvalue weighted by Crippen LogP contribution is -2.42. The first-order chi connectivity index (χ1) is 9.52. The van der Waals surface area contributed by atoms with Crippen molar-refractivity contribution in [1.82, 2.24) is 4.72 Å². The number of nitrogens with one attached hydrogen (secondary N) is 1. The van der Waals surface area contributed by atoms with Crippen molar-refractivity contribution in [3.8, 4) is 0 Å². The topological polar surface area (TPSA) is 92.4 Å². The molecule has 1 aromatic carbocycles. The van der Waals surface area contributed by atoms with Crippen molar-refractivity contribution in [2.45, 2.75) is 31.3 Å². The van der Waals surface area contributed by atoms with Gasteiger partial charge in [0.05, 0.1) is 16.2 Å². The lowest BCUT2D eigenvalue weighted by molar-refractivity contribution is 0.0908. The fourth-order valence-corrected chi connectivity index (χ4v) is 4.39. The summed E-state index contributed by atoms with van der Waals surface area (Å²) in [7, 11) is -3.88. The van der Waals surface area contributed by atoms with Gasteiger partial charge in [0.25, 0.3) is 0 Å². The fourth-order valence-electron chi connectivity index (χ4n) is 2.03. The Labute approximate surface area is 129 Å². The number of halogens is 1. The Kier molecular flexibility index (Phi) is 5.65. The van der Waals surface area contributed by atoms with Crippen LogP contribution in [0.25, 0.3) is 0 Å². The van der Waals surface area contributed by atoms with E-state index in [2.05, 4.69) is 4.72 Å². The van der Waals surface area contributed by atoms with Crippen molar-refractivity contribution in [2.24, 2.45) is 0 Å². The number of hydrogen-bond acceptors (Lipinski definition) is 5. The minimum Gasteiger partial charge on any atom is -0.396 e. The van der Waals surface area contributed by atoms with Crippen LogP contribution in [-0.4, -0.2) is 37.7 Å². The Bertz CT molecular complexity index is 631. The van der Waals surface area contributed by atoms with Crippen molar-refractivity contribution in [3.63, 3.8) is 0 Å². The van der Waals surface area contributed by atoms with Crippen molar-refractivity contribution < 1.29 is 17.9 Å². The van der Waals surface area contributed by atoms with Gasteiger partial charge in [0.2, 0.25) is 10.0 Å². The zero-order chi connectivity index (χ0) is 16.4. The Morgan fingerprint density at radius 3 is 2.57 bits per heavy atom. The number of nitrogen functional groups attached to an aromatic ring is 1. The highest BCUT2D eigenvalue weighted by atomic mass is 32.2. The molecule has 0 saturated carbocycles. The molecule has 5 nitrogen and oxygen atoms in total. The average molecular weight is 336 g/mol. The van der Waals surface area contributed by atoms with Crippen LogP contribution in [0.15, 0.2) is 11.0 Å². The van der Waals surface area contributed by atoms with E-state index < -0.39 is 21.4 Å². The molecule has 0 amide bonds. The predicted octanol–water partition coefficient (Wildman–Crippen LogP) is 1.42. The quantitative estimate of drug-likeness (QED) is 0.683. The van der Waals surface area contributed by atoms with Crippen molar-refractivity contribution in [3.05, 3.63) is 23.0 Å². The molecular formula is C13H21FN2O3S2. The van der Waals surface area contributed by atoms with E-state index in [1.807, 2.05) is 6.26 Å². The number of aliphatic hydroxyl groups is 1. The van der Waals surface area contributed by atoms with Gasteiger partial charge in [-0.05, 0) is 44.2 Å². The molecule has 0 bridgehead atoms. The summed E-state index contributed by atoms with van der Waals surface area (Å²) in [6.45, 7) is 4.38. The predicted molar refractivity (Wildman–Crippen MR) is 84.5 cm³/mol. The maximum Gasteiger partial charge on any atom is 0.241 e. The van der Waals surface area contributed by atoms with Gasteiger partial charge in [-0.2, -0.15) is 11.8 Å². The minimum absolute atomic E-state index is 0.0404. The number of aryl methyl sites for hydroxylation is 1. The van der Waals surface area contributed by atoms with Crippen LogP contribution in [0.2, 0.25) is 0 Å². The molecule has 120 valence electrons. The van der Waals surface area contributed by atoms with Crippen LogP contribution in [0, 0.1) is 19.7 Å². The highest BCUT2D eigenvalue weighted by Gasteiger charge is 2.27. The highest BCUT2D eigenvalue weighted by molar-refractivity contribution is 7.98. The van der Waals surface area contributed by atoms with E-state index in [1.165, 1.54) is 25.6 Å². The van der Waals surface area contributed by atoms with Crippen LogP contribution < -0.4 is 10.5 Å². The molecule has 0 spiro atoms. The van der Waals surface area contributed by atoms with Gasteiger partial charge < -0.3 is 10.8 Å². The summed E-state index contributed by atoms with van der Waals surface area (Å²) >= 11 is 1.41. The molecule has 1 atom stereocenters. The summed E-state index contributed by atoms with van der Waals surface area (Å²) in [5, 5.41) is 10.0. The molecule has 0 heterocycles. The SMILES string of the molecule is CSCC(C)(O)CNS(=O)(=O)c1c(C)cc(F)c(N)c1C. The summed E-state index contributed by atoms with van der Waals surface area (Å²) in [6.07, 6.45) is 1.82. The number of sulfonamides is 1. The molecule has 0 aliphatic rings. The largest absolute Gasteiger partial charge is 0.396 e. The summed E-state index contributed by atoms with van der Waals surface area (Å²) in [6, 6.07) is 1.09. The Hall–Kier alpha value is -0.830. The smallest absolute Gasteiger partial charge is 0.241 e. The first-order valence-electron chi connectivity index (χ1n) is 6.28. The first kappa shape index (κ1) is 18.2. The normalized spacial score (nSPS) is 15.0. The van der Waals surface area contributed by atoms with Gasteiger partial charge in [0.15, 0.2) is 0 Å². The van der Waals surface area contributed by atoms with Crippen LogP contribution >= 0.6 is 11.8 Å². The number of anilines is 1. The number of nitrogens with two attached hydrogens (primary N) is 1. The van der Waals surface area contributed by atoms with E-state index in [9.17, 15) is 17.9 Å². The molecule has 0 fully saturated rings. The van der Waals surface area contributed by atoms with Crippen LogP contribution in [0.4, 0.5) is 10.1 Å². The molecule has 1 rings (SSSR count). The molecule has 0 radical (unpaired) electrons. The second-order valence-electron chi connectivity index (χ2n) is 5.30. The Morgan fingerprint density at radius 2 is 2.05 bits per heavy atom. The molecule has 21 heavy (non-hydrogen) atoms. The lowest BCUT2D eigenvalue weighted by atomic mass is 10.1. The van der Waals surface area contributed by atoms with Crippen LogP contribution in [0.5, 0.6) is 0 Å². The monoisotopic (exact) mass is 336 g/mol. The van der Waals surface area contributed by atoms with Gasteiger partial charge >= 0.3 is 0 Å². The fraction of sp³-hybridized carbons (Fsp3) is 0.538. The average Bonchev–Trinajstić information content (AvgIpc) is 2.34. The maximum atomic E-state index is 13.5. The third-order valence-corrected chi connectivity index (χ3v) is 5.67. The van der Waals surface area contributed by atoms with Crippen molar-refractivity contribution in [1.29, 1.82) is 0 Å². The molecule has 1 aromatic rings. The second-order valence-corrected chi connectivity index (χ2v) is 7.87. The number of benzene rings is 1. The minimum atomic E-state index is -3.88. The van der Waals surface area contributed by atoms with Gasteiger partial charge in [0, 0.05) is 12.3 Å². The molecule has 4 N–H and O–H groups in total. The molecule has 0 aliphatic heterocycles. The van der Waals surface area contributed by atoms with Gasteiger partial charge in [-0.25, -0.2) is 17.5 Å². The van der Waals surface area contributed by atoms with Crippen molar-refractivity contribution in [2.75, 3.05) is 24.3 Å². The summed E-state index contributed by atoms with van der Waals surface area (Å²) < 4.78 is 40.6. The van der Waals surface area contributed by atoms with Crippen molar-refractivity contribution >= 4 is 27.5 Å². The van der Waals surface area contributed by atoms with E-state index in [-0.39, 0.29) is 28.3 Å². The third kappa shape index (κ3) is 4.32. The van der Waals surface area contributed by atoms with E-state index in [0.29, 0.717) is 5.75 Å². The van der Waals surface area contributed by atoms with Crippen LogP contribution in [-0.2, 0) is 10.0 Å². The van der Waals surface area contributed by atoms with Gasteiger partial charge in [0.1, 0.15) is 5.82 Å². The molecule has 0 aliphatic carbocycles. The molecule has 0 aromatic heterocycles. The Morgan fingerprint density at radius 1 is 1.48 bits per heavy atom. The summed E-state index contributed by atoms with van der Waals surface area (Å²) in [5.74, 6) is -0.252. The summed E-state index contributed by atoms with van der Waals surface area (Å²) in [5.41, 5.74) is 4.65. The van der Waals surface area contributed by atoms with Gasteiger partial charge in [-0.15, -0.1) is 0 Å².